The number of carbonyl (C=O) groups is 6. The van der Waals surface area contributed by atoms with Gasteiger partial charge in [0.25, 0.3) is 11.5 Å². The van der Waals surface area contributed by atoms with Gasteiger partial charge in [-0.1, -0.05) is 47.5 Å². The van der Waals surface area contributed by atoms with Crippen LogP contribution in [-0.4, -0.2) is 212 Å². The van der Waals surface area contributed by atoms with Crippen LogP contribution in [0.5, 0.6) is 0 Å². The van der Waals surface area contributed by atoms with E-state index in [4.69, 9.17) is 30.4 Å². The molecule has 0 aliphatic carbocycles. The van der Waals surface area contributed by atoms with Crippen molar-refractivity contribution in [3.05, 3.63) is 33.1 Å². The third kappa shape index (κ3) is 13.7. The number of ether oxygens (including phenoxy) is 4. The summed E-state index contributed by atoms with van der Waals surface area (Å²) in [5, 5.41) is 67.7. The highest BCUT2D eigenvalue weighted by molar-refractivity contribution is 6.04. The van der Waals surface area contributed by atoms with Gasteiger partial charge in [-0.3, -0.25) is 38.6 Å². The van der Waals surface area contributed by atoms with E-state index < -0.39 is 150 Å². The summed E-state index contributed by atoms with van der Waals surface area (Å²) in [6.45, 7) is 7.63. The Morgan fingerprint density at radius 2 is 1.64 bits per heavy atom. The van der Waals surface area contributed by atoms with Gasteiger partial charge in [-0.15, -0.1) is 0 Å². The summed E-state index contributed by atoms with van der Waals surface area (Å²) < 4.78 is 24.7. The normalized spacial score (nSPS) is 28.3. The van der Waals surface area contributed by atoms with Gasteiger partial charge < -0.3 is 87.4 Å². The highest BCUT2D eigenvalue weighted by atomic mass is 16.7. The maximum atomic E-state index is 14.6. The summed E-state index contributed by atoms with van der Waals surface area (Å²) in [6, 6.07) is -7.83. The average Bonchev–Trinajstić information content (AvgIpc) is 3.90. The number of unbranched alkanes of at least 4 members (excludes halogenated alkanes) is 2. The zero-order valence-corrected chi connectivity index (χ0v) is 41.6. The molecule has 0 radical (unpaired) electrons. The standard InChI is InChI=1S/C44H72N12O17/c1-7-8-9-15-55-37(64)27(32(73-40-34(70-6)29(59)22(18-45)71-40)33-30(60)31(61)38(72-33)56-17-12-23(57)50-43(56)68)54(44(55)69)16-10-13-47-35(62)26(28(58)20(4)5)51-36(63)25(21-11-14-48-41(46)49-21)53-42(67)52-24(19(2)3)39(65)66/h12,17,19-22,24-34,38,40,58-61H,7-11,13-16,18,45H2,1-6H3,(H,47,62)(H,51,63)(H,65,66)(H3,46,48,49)(H,50,57,68)(H2,52,53,67)/t21?,22-,24?,25?,26?,27?,28?,29+,30-,31-,32?,33+,34+,38-,40?/m1/s1. The lowest BCUT2D eigenvalue weighted by molar-refractivity contribution is -0.233. The molecule has 0 bridgehead atoms. The van der Waals surface area contributed by atoms with Crippen molar-refractivity contribution in [1.29, 1.82) is 0 Å². The van der Waals surface area contributed by atoms with Gasteiger partial charge in [0.05, 0.1) is 12.1 Å². The van der Waals surface area contributed by atoms with Crippen LogP contribution in [0.3, 0.4) is 0 Å². The molecule has 3 saturated heterocycles. The lowest BCUT2D eigenvalue weighted by Gasteiger charge is -2.36. The highest BCUT2D eigenvalue weighted by Crippen LogP contribution is 2.38. The molecule has 5 heterocycles. The first-order valence-electron chi connectivity index (χ1n) is 24.4. The second-order valence-electron chi connectivity index (χ2n) is 19.0. The van der Waals surface area contributed by atoms with E-state index in [-0.39, 0.29) is 51.5 Å². The number of rotatable bonds is 25. The fraction of sp³-hybridized carbons (Fsp3) is 0.750. The fourth-order valence-corrected chi connectivity index (χ4v) is 9.07. The number of aliphatic imine (C=N–C) groups is 1. The number of methoxy groups -OCH3 is 1. The van der Waals surface area contributed by atoms with Crippen molar-refractivity contribution in [2.75, 3.05) is 39.8 Å². The predicted octanol–water partition coefficient (Wildman–Crippen LogP) is -5.11. The van der Waals surface area contributed by atoms with E-state index in [0.717, 1.165) is 33.1 Å². The first kappa shape index (κ1) is 58.1. The molecule has 29 heteroatoms. The van der Waals surface area contributed by atoms with Crippen LogP contribution < -0.4 is 49.3 Å². The Morgan fingerprint density at radius 3 is 2.25 bits per heavy atom. The number of imide groups is 1. The van der Waals surface area contributed by atoms with E-state index in [1.807, 2.05) is 11.9 Å². The van der Waals surface area contributed by atoms with Gasteiger partial charge >= 0.3 is 23.7 Å². The van der Waals surface area contributed by atoms with Gasteiger partial charge in [-0.2, -0.15) is 0 Å². The number of guanidine groups is 1. The number of carboxylic acids is 1. The molecule has 0 spiro atoms. The number of nitrogens with two attached hydrogens (primary N) is 2. The number of aliphatic carboxylic acids is 1. The molecule has 8 unspecified atom stereocenters. The number of urea groups is 2. The van der Waals surface area contributed by atoms with E-state index in [2.05, 4.69) is 31.6 Å². The first-order valence-corrected chi connectivity index (χ1v) is 24.4. The topological polar surface area (TPSA) is 426 Å². The third-order valence-electron chi connectivity index (χ3n) is 13.2. The molecule has 15 atom stereocenters. The van der Waals surface area contributed by atoms with Crippen LogP contribution in [0.15, 0.2) is 26.8 Å². The van der Waals surface area contributed by atoms with Gasteiger partial charge in [-0.25, -0.2) is 19.2 Å². The Labute approximate surface area is 419 Å². The maximum absolute atomic E-state index is 14.6. The summed E-state index contributed by atoms with van der Waals surface area (Å²) >= 11 is 0. The van der Waals surface area contributed by atoms with Crippen LogP contribution in [0, 0.1) is 11.8 Å². The van der Waals surface area contributed by atoms with Crippen molar-refractivity contribution in [3.63, 3.8) is 0 Å². The molecule has 0 saturated carbocycles. The lowest BCUT2D eigenvalue weighted by Crippen LogP contribution is -2.66. The molecular formula is C44H72N12O17. The molecule has 4 aliphatic rings. The minimum Gasteiger partial charge on any atom is -0.480 e. The van der Waals surface area contributed by atoms with Crippen LogP contribution in [0.4, 0.5) is 9.59 Å². The molecule has 0 aromatic carbocycles. The van der Waals surface area contributed by atoms with E-state index in [1.165, 1.54) is 7.11 Å². The van der Waals surface area contributed by atoms with E-state index in [9.17, 15) is 63.9 Å². The summed E-state index contributed by atoms with van der Waals surface area (Å²) in [6.07, 6.45) is -12.7. The zero-order valence-electron chi connectivity index (χ0n) is 41.6. The fourth-order valence-electron chi connectivity index (χ4n) is 9.07. The van der Waals surface area contributed by atoms with Crippen LogP contribution in [-0.2, 0) is 38.1 Å². The zero-order chi connectivity index (χ0) is 54.0. The molecular weight excluding hydrogens is 969 g/mol. The molecule has 410 valence electrons. The van der Waals surface area contributed by atoms with Crippen molar-refractivity contribution in [3.8, 4) is 0 Å². The summed E-state index contributed by atoms with van der Waals surface area (Å²) in [7, 11) is 1.25. The number of H-pyrrole nitrogens is 1. The number of aromatic amines is 1. The minimum atomic E-state index is -1.92. The summed E-state index contributed by atoms with van der Waals surface area (Å²) in [5.41, 5.74) is 9.98. The summed E-state index contributed by atoms with van der Waals surface area (Å²) in [4.78, 5) is 115. The molecule has 5 rings (SSSR count). The van der Waals surface area contributed by atoms with Gasteiger partial charge in [0, 0.05) is 52.1 Å². The highest BCUT2D eigenvalue weighted by Gasteiger charge is 2.59. The number of aromatic nitrogens is 2. The largest absolute Gasteiger partial charge is 0.480 e. The summed E-state index contributed by atoms with van der Waals surface area (Å²) in [5.74, 6) is -5.16. The van der Waals surface area contributed by atoms with Crippen LogP contribution >= 0.6 is 0 Å². The number of hydrogen-bond donors (Lipinski definition) is 13. The van der Waals surface area contributed by atoms with Crippen molar-refractivity contribution < 1.29 is 73.2 Å². The van der Waals surface area contributed by atoms with Gasteiger partial charge in [0.15, 0.2) is 18.5 Å². The van der Waals surface area contributed by atoms with Crippen LogP contribution in [0.1, 0.15) is 73.0 Å². The molecule has 15 N–H and O–H groups in total. The van der Waals surface area contributed by atoms with Crippen LogP contribution in [0.25, 0.3) is 0 Å². The Kier molecular flexibility index (Phi) is 20.6. The second-order valence-corrected chi connectivity index (χ2v) is 19.0. The number of carbonyl (C=O) groups excluding carboxylic acids is 5. The number of amides is 7. The number of nitrogens with zero attached hydrogens (tertiary/aromatic N) is 4. The number of nitrogens with one attached hydrogen (secondary N) is 6. The monoisotopic (exact) mass is 1040 g/mol. The SMILES string of the molecule is CCCCCN1C(=O)C(C(OC2O[C@H](CN)[C@H](O)[C@@H]2OC)[C@H]2O[C@@H](n3ccc(=O)[nH]c3=O)[C@H](O)[C@H]2O)N(CCCNC(=O)C(NC(=O)C(NC(=O)NC(C(=O)O)C(C)C)C2CCN=C(N)N2)C(O)C(C)C)C1=O. The molecule has 1 aromatic rings. The Hall–Kier alpha value is -5.79. The quantitative estimate of drug-likeness (QED) is 0.0322. The van der Waals surface area contributed by atoms with Gasteiger partial charge in [0.1, 0.15) is 66.9 Å². The number of hydrogen-bond acceptors (Lipinski definition) is 20. The van der Waals surface area contributed by atoms with Crippen molar-refractivity contribution in [2.24, 2.45) is 28.3 Å². The smallest absolute Gasteiger partial charge is 0.330 e. The van der Waals surface area contributed by atoms with E-state index in [0.29, 0.717) is 12.8 Å². The molecule has 29 nitrogen and oxygen atoms in total. The molecule has 4 aliphatic heterocycles. The van der Waals surface area contributed by atoms with Crippen molar-refractivity contribution >= 4 is 41.7 Å². The number of aliphatic hydroxyl groups excluding tert-OH is 4. The first-order chi connectivity index (χ1) is 34.6. The van der Waals surface area contributed by atoms with E-state index in [1.54, 1.807) is 27.7 Å². The third-order valence-corrected chi connectivity index (χ3v) is 13.2. The van der Waals surface area contributed by atoms with E-state index >= 15 is 0 Å². The number of aliphatic hydroxyl groups is 4. The van der Waals surface area contributed by atoms with Gasteiger partial charge in [-0.05, 0) is 31.1 Å². The molecule has 73 heavy (non-hydrogen) atoms. The van der Waals surface area contributed by atoms with Crippen LogP contribution in [0.2, 0.25) is 0 Å². The van der Waals surface area contributed by atoms with Crippen molar-refractivity contribution in [1.82, 2.24) is 45.9 Å². The Morgan fingerprint density at radius 1 is 0.932 bits per heavy atom. The minimum absolute atomic E-state index is 0.0394. The van der Waals surface area contributed by atoms with Crippen molar-refractivity contribution in [2.45, 2.75) is 158 Å². The predicted molar refractivity (Wildman–Crippen MR) is 254 cm³/mol. The molecule has 7 amide bonds. The average molecular weight is 1040 g/mol. The Balaban J connectivity index is 1.41. The van der Waals surface area contributed by atoms with Gasteiger partial charge in [0.2, 0.25) is 11.8 Å². The maximum Gasteiger partial charge on any atom is 0.330 e. The second kappa shape index (κ2) is 25.9. The lowest BCUT2D eigenvalue weighted by atomic mass is 9.97. The molecule has 1 aromatic heterocycles. The molecule has 3 fully saturated rings. The number of carboxylic acid groups (broad SMARTS) is 1. The Bertz CT molecular complexity index is 2250.